The number of aromatic nitrogens is 3. The number of carbonyl (C=O) groups excluding carboxylic acids is 2. The Bertz CT molecular complexity index is 1510. The first-order valence-corrected chi connectivity index (χ1v) is 18.0. The van der Waals surface area contributed by atoms with Crippen molar-refractivity contribution in [2.24, 2.45) is 5.92 Å². The van der Waals surface area contributed by atoms with Crippen LogP contribution in [0, 0.1) is 12.8 Å². The van der Waals surface area contributed by atoms with Gasteiger partial charge in [0.15, 0.2) is 5.79 Å². The highest BCUT2D eigenvalue weighted by Crippen LogP contribution is 2.38. The molecular formula is C39H61N5O6. The average Bonchev–Trinajstić information content (AvgIpc) is 3.61. The Morgan fingerprint density at radius 2 is 1.46 bits per heavy atom. The van der Waals surface area contributed by atoms with Crippen molar-refractivity contribution in [1.82, 2.24) is 24.3 Å². The van der Waals surface area contributed by atoms with Gasteiger partial charge in [-0.1, -0.05) is 37.3 Å². The fraction of sp³-hybridized carbons (Fsp3) is 0.641. The molecule has 2 atom stereocenters. The third-order valence-corrected chi connectivity index (χ3v) is 8.32. The number of amides is 2. The van der Waals surface area contributed by atoms with Crippen LogP contribution in [0.15, 0.2) is 42.9 Å². The van der Waals surface area contributed by atoms with Gasteiger partial charge in [0.2, 0.25) is 0 Å². The monoisotopic (exact) mass is 695 g/mol. The Morgan fingerprint density at radius 3 is 2.04 bits per heavy atom. The first-order chi connectivity index (χ1) is 23.2. The molecule has 11 nitrogen and oxygen atoms in total. The van der Waals surface area contributed by atoms with Crippen LogP contribution in [0.4, 0.5) is 9.59 Å². The standard InChI is InChI=1S/C36H53N5O4.C3H8O2/c1-9-29-24-41(32-31(29)26(2)37-25-38-32)30-17-16-28(22-30)23-40(34(43)45-36(6,7)8)20-13-19-39(33(42)44-35(3,4)5)21-18-27-14-11-10-12-15-27;1-3(2,4)5/h10-12,14-15,24-25,28,30H,9,13,16-23H2,1-8H3;4-5H,1-2H3/t28-,30+;/m1./s1. The first kappa shape index (κ1) is 40.7. The van der Waals surface area contributed by atoms with Crippen LogP contribution >= 0.6 is 0 Å². The van der Waals surface area contributed by atoms with Crippen molar-refractivity contribution in [2.45, 2.75) is 131 Å². The van der Waals surface area contributed by atoms with Gasteiger partial charge >= 0.3 is 12.2 Å². The van der Waals surface area contributed by atoms with E-state index in [0.29, 0.717) is 44.6 Å². The van der Waals surface area contributed by atoms with Crippen molar-refractivity contribution in [1.29, 1.82) is 0 Å². The maximum absolute atomic E-state index is 13.4. The normalized spacial score (nSPS) is 16.5. The van der Waals surface area contributed by atoms with Crippen LogP contribution in [0.3, 0.4) is 0 Å². The third kappa shape index (κ3) is 13.5. The maximum atomic E-state index is 13.4. The lowest BCUT2D eigenvalue weighted by Crippen LogP contribution is -2.42. The van der Waals surface area contributed by atoms with Crippen LogP contribution < -0.4 is 0 Å². The van der Waals surface area contributed by atoms with Crippen molar-refractivity contribution in [3.63, 3.8) is 0 Å². The highest BCUT2D eigenvalue weighted by Gasteiger charge is 2.32. The maximum Gasteiger partial charge on any atom is 0.410 e. The van der Waals surface area contributed by atoms with Crippen molar-refractivity contribution < 1.29 is 29.3 Å². The van der Waals surface area contributed by atoms with E-state index in [9.17, 15) is 9.59 Å². The van der Waals surface area contributed by atoms with E-state index < -0.39 is 17.0 Å². The number of rotatable bonds is 11. The van der Waals surface area contributed by atoms with Gasteiger partial charge in [-0.05, 0) is 118 Å². The summed E-state index contributed by atoms with van der Waals surface area (Å²) in [6, 6.07) is 10.5. The van der Waals surface area contributed by atoms with Gasteiger partial charge in [0, 0.05) is 43.8 Å². The summed E-state index contributed by atoms with van der Waals surface area (Å²) in [7, 11) is 0. The molecule has 0 radical (unpaired) electrons. The number of nitrogens with zero attached hydrogens (tertiary/aromatic N) is 5. The van der Waals surface area contributed by atoms with Crippen molar-refractivity contribution in [2.75, 3.05) is 26.2 Å². The molecule has 1 aliphatic rings. The number of aliphatic hydroxyl groups is 2. The smallest absolute Gasteiger partial charge is 0.410 e. The number of hydrogen-bond donors (Lipinski definition) is 2. The molecule has 0 aliphatic heterocycles. The molecule has 1 aromatic carbocycles. The molecule has 0 bridgehead atoms. The van der Waals surface area contributed by atoms with Crippen LogP contribution in [0.5, 0.6) is 0 Å². The molecule has 0 unspecified atom stereocenters. The van der Waals surface area contributed by atoms with E-state index in [1.54, 1.807) is 11.2 Å². The van der Waals surface area contributed by atoms with Gasteiger partial charge in [-0.3, -0.25) is 0 Å². The van der Waals surface area contributed by atoms with Crippen molar-refractivity contribution in [3.8, 4) is 0 Å². The zero-order chi connectivity index (χ0) is 37.3. The fourth-order valence-electron chi connectivity index (χ4n) is 6.22. The summed E-state index contributed by atoms with van der Waals surface area (Å²) in [5.74, 6) is -1.16. The SMILES string of the molecule is CC(C)(O)O.CCc1cn([C@H]2CC[C@@H](CN(CCCN(CCc3ccccc3)C(=O)OC(C)(C)C)C(=O)OC(C)(C)C)C2)c2ncnc(C)c12. The summed E-state index contributed by atoms with van der Waals surface area (Å²) in [4.78, 5) is 39.3. The minimum absolute atomic E-state index is 0.304. The molecule has 2 amide bonds. The van der Waals surface area contributed by atoms with Crippen LogP contribution in [0.25, 0.3) is 11.0 Å². The highest BCUT2D eigenvalue weighted by molar-refractivity contribution is 5.82. The molecule has 3 aromatic rings. The summed E-state index contributed by atoms with van der Waals surface area (Å²) in [5, 5.41) is 17.3. The van der Waals surface area contributed by atoms with Gasteiger partial charge in [0.25, 0.3) is 0 Å². The molecule has 1 aliphatic carbocycles. The van der Waals surface area contributed by atoms with Gasteiger partial charge in [-0.25, -0.2) is 19.6 Å². The Kier molecular flexibility index (Phi) is 14.2. The molecule has 2 heterocycles. The quantitative estimate of drug-likeness (QED) is 0.198. The first-order valence-electron chi connectivity index (χ1n) is 18.0. The van der Waals surface area contributed by atoms with Gasteiger partial charge < -0.3 is 34.1 Å². The van der Waals surface area contributed by atoms with E-state index in [2.05, 4.69) is 46.7 Å². The molecule has 4 rings (SSSR count). The highest BCUT2D eigenvalue weighted by atomic mass is 16.6. The van der Waals surface area contributed by atoms with Crippen LogP contribution in [-0.2, 0) is 22.3 Å². The van der Waals surface area contributed by atoms with Crippen LogP contribution in [0.2, 0.25) is 0 Å². The number of benzene rings is 1. The van der Waals surface area contributed by atoms with Crippen molar-refractivity contribution >= 4 is 23.2 Å². The molecule has 1 saturated carbocycles. The molecule has 50 heavy (non-hydrogen) atoms. The van der Waals surface area contributed by atoms with Gasteiger partial charge in [0.05, 0.1) is 5.69 Å². The summed E-state index contributed by atoms with van der Waals surface area (Å²) in [5.41, 5.74) is 3.29. The Labute approximate surface area is 299 Å². The Morgan fingerprint density at radius 1 is 0.880 bits per heavy atom. The summed E-state index contributed by atoms with van der Waals surface area (Å²) >= 11 is 0. The second-order valence-electron chi connectivity index (χ2n) is 15.9. The largest absolute Gasteiger partial charge is 0.444 e. The second kappa shape index (κ2) is 17.5. The fourth-order valence-corrected chi connectivity index (χ4v) is 6.22. The lowest BCUT2D eigenvalue weighted by Gasteiger charge is -2.31. The lowest BCUT2D eigenvalue weighted by atomic mass is 10.1. The molecule has 278 valence electrons. The van der Waals surface area contributed by atoms with Gasteiger partial charge in [-0.15, -0.1) is 0 Å². The van der Waals surface area contributed by atoms with Gasteiger partial charge in [0.1, 0.15) is 23.2 Å². The Hall–Kier alpha value is -3.70. The average molecular weight is 696 g/mol. The Balaban J connectivity index is 0.00000126. The number of ether oxygens (including phenoxy) is 2. The summed E-state index contributed by atoms with van der Waals surface area (Å²) in [6.45, 7) is 20.3. The minimum Gasteiger partial charge on any atom is -0.444 e. The lowest BCUT2D eigenvalue weighted by molar-refractivity contribution is -0.127. The number of hydrogen-bond acceptors (Lipinski definition) is 8. The molecule has 1 fully saturated rings. The third-order valence-electron chi connectivity index (χ3n) is 8.32. The molecule has 0 saturated heterocycles. The van der Waals surface area contributed by atoms with E-state index in [0.717, 1.165) is 43.4 Å². The molecular weight excluding hydrogens is 634 g/mol. The number of aryl methyl sites for hydroxylation is 2. The van der Waals surface area contributed by atoms with Crippen LogP contribution in [0.1, 0.15) is 111 Å². The predicted octanol–water partition coefficient (Wildman–Crippen LogP) is 7.46. The van der Waals surface area contributed by atoms with E-state index >= 15 is 0 Å². The summed E-state index contributed by atoms with van der Waals surface area (Å²) < 4.78 is 13.9. The zero-order valence-corrected chi connectivity index (χ0v) is 32.0. The second-order valence-corrected chi connectivity index (χ2v) is 15.9. The number of carbonyl (C=O) groups is 2. The topological polar surface area (TPSA) is 130 Å². The van der Waals surface area contributed by atoms with Crippen molar-refractivity contribution in [3.05, 3.63) is 59.7 Å². The molecule has 2 N–H and O–H groups in total. The predicted molar refractivity (Wildman–Crippen MR) is 197 cm³/mol. The molecule has 2 aromatic heterocycles. The van der Waals surface area contributed by atoms with Crippen LogP contribution in [-0.4, -0.2) is 89.9 Å². The minimum atomic E-state index is -1.50. The van der Waals surface area contributed by atoms with E-state index in [1.807, 2.05) is 64.6 Å². The summed E-state index contributed by atoms with van der Waals surface area (Å²) in [6.07, 6.45) is 8.61. The molecule has 0 spiro atoms. The number of fused-ring (bicyclic) bond motifs is 1. The van der Waals surface area contributed by atoms with E-state index in [4.69, 9.17) is 19.7 Å². The molecule has 11 heteroatoms. The van der Waals surface area contributed by atoms with E-state index in [-0.39, 0.29) is 12.2 Å². The zero-order valence-electron chi connectivity index (χ0n) is 32.0. The van der Waals surface area contributed by atoms with Gasteiger partial charge in [-0.2, -0.15) is 0 Å². The van der Waals surface area contributed by atoms with E-state index in [1.165, 1.54) is 30.4 Å².